The zero-order chi connectivity index (χ0) is 15.2. The monoisotopic (exact) mass is 327 g/mol. The number of ketones is 1. The van der Waals surface area contributed by atoms with Crippen LogP contribution in [0.1, 0.15) is 50.7 Å². The summed E-state index contributed by atoms with van der Waals surface area (Å²) < 4.78 is 0. The van der Waals surface area contributed by atoms with Crippen LogP contribution in [0.3, 0.4) is 0 Å². The maximum Gasteiger partial charge on any atom is 0.132 e. The van der Waals surface area contributed by atoms with Gasteiger partial charge in [0.05, 0.1) is 6.10 Å². The minimum atomic E-state index is -0.585. The van der Waals surface area contributed by atoms with Crippen molar-refractivity contribution in [2.45, 2.75) is 51.2 Å². The van der Waals surface area contributed by atoms with Crippen LogP contribution in [0.5, 0.6) is 5.75 Å². The fraction of sp³-hybridized carbons (Fsp3) is 0.588. The number of rotatable bonds is 6. The molecule has 1 aromatic carbocycles. The van der Waals surface area contributed by atoms with Gasteiger partial charge in [-0.05, 0) is 56.3 Å². The van der Waals surface area contributed by atoms with E-state index in [2.05, 4.69) is 5.32 Å². The molecule has 0 amide bonds. The third-order valence-electron chi connectivity index (χ3n) is 4.39. The molecule has 0 aliphatic heterocycles. The molecular formula is C17H26ClNO3. The lowest BCUT2D eigenvalue weighted by Crippen LogP contribution is -2.34. The molecule has 1 aromatic rings. The third-order valence-corrected chi connectivity index (χ3v) is 4.39. The topological polar surface area (TPSA) is 69.6 Å². The molecule has 0 aromatic heterocycles. The van der Waals surface area contributed by atoms with Crippen molar-refractivity contribution in [3.05, 3.63) is 29.8 Å². The van der Waals surface area contributed by atoms with Crippen molar-refractivity contribution < 1.29 is 15.0 Å². The number of carbonyl (C=O) groups is 1. The molecule has 4 nitrogen and oxygen atoms in total. The number of aromatic hydroxyl groups is 1. The molecule has 3 N–H and O–H groups in total. The molecule has 2 rings (SSSR count). The number of phenols is 1. The summed E-state index contributed by atoms with van der Waals surface area (Å²) in [6.45, 7) is 2.82. The summed E-state index contributed by atoms with van der Waals surface area (Å²) in [5.74, 6) is 1.24. The van der Waals surface area contributed by atoms with Crippen molar-refractivity contribution in [2.24, 2.45) is 5.92 Å². The summed E-state index contributed by atoms with van der Waals surface area (Å²) in [6.07, 6.45) is 3.95. The van der Waals surface area contributed by atoms with Gasteiger partial charge in [-0.1, -0.05) is 12.1 Å². The molecule has 0 saturated heterocycles. The average molecular weight is 328 g/mol. The van der Waals surface area contributed by atoms with Gasteiger partial charge in [-0.25, -0.2) is 0 Å². The molecule has 1 saturated carbocycles. The minimum Gasteiger partial charge on any atom is -0.508 e. The highest BCUT2D eigenvalue weighted by Gasteiger charge is 2.20. The van der Waals surface area contributed by atoms with Crippen LogP contribution in [0.4, 0.5) is 0 Å². The van der Waals surface area contributed by atoms with E-state index in [4.69, 9.17) is 0 Å². The molecule has 1 fully saturated rings. The van der Waals surface area contributed by atoms with Gasteiger partial charge in [0.1, 0.15) is 11.5 Å². The van der Waals surface area contributed by atoms with E-state index in [-0.39, 0.29) is 24.2 Å². The first kappa shape index (κ1) is 18.9. The standard InChI is InChI=1S/C17H25NO3.ClH/c1-12(17(21)14-4-8-16(20)9-5-14)18-11-10-13-2-6-15(19)7-3-13;/h4-5,8-9,12-13,17-18,20-21H,2-3,6-7,10-11H2,1H3;1H. The Hall–Kier alpha value is -1.10. The number of aliphatic hydroxyl groups excluding tert-OH is 1. The summed E-state index contributed by atoms with van der Waals surface area (Å²) in [7, 11) is 0. The lowest BCUT2D eigenvalue weighted by Gasteiger charge is -2.24. The maximum atomic E-state index is 11.2. The number of Topliss-reactive ketones (excluding diaryl/α,β-unsaturated/α-hetero) is 1. The van der Waals surface area contributed by atoms with Gasteiger partial charge in [0.25, 0.3) is 0 Å². The average Bonchev–Trinajstić information content (AvgIpc) is 2.49. The predicted octanol–water partition coefficient (Wildman–Crippen LogP) is 2.97. The van der Waals surface area contributed by atoms with Gasteiger partial charge in [0.15, 0.2) is 0 Å². The Kier molecular flexibility index (Phi) is 7.87. The highest BCUT2D eigenvalue weighted by atomic mass is 35.5. The Morgan fingerprint density at radius 2 is 1.82 bits per heavy atom. The van der Waals surface area contributed by atoms with Crippen LogP contribution in [-0.4, -0.2) is 28.6 Å². The van der Waals surface area contributed by atoms with Gasteiger partial charge < -0.3 is 15.5 Å². The quantitative estimate of drug-likeness (QED) is 0.751. The van der Waals surface area contributed by atoms with Crippen LogP contribution < -0.4 is 5.32 Å². The highest BCUT2D eigenvalue weighted by Crippen LogP contribution is 2.24. The molecule has 2 unspecified atom stereocenters. The molecule has 124 valence electrons. The lowest BCUT2D eigenvalue weighted by molar-refractivity contribution is -0.121. The molecule has 0 spiro atoms. The van der Waals surface area contributed by atoms with E-state index in [1.54, 1.807) is 24.3 Å². The van der Waals surface area contributed by atoms with E-state index in [0.29, 0.717) is 11.7 Å². The second kappa shape index (κ2) is 9.13. The Morgan fingerprint density at radius 1 is 1.23 bits per heavy atom. The van der Waals surface area contributed by atoms with Crippen LogP contribution >= 0.6 is 12.4 Å². The number of hydrogen-bond donors (Lipinski definition) is 3. The molecule has 2 atom stereocenters. The predicted molar refractivity (Wildman–Crippen MR) is 89.4 cm³/mol. The number of aliphatic hydroxyl groups is 1. The van der Waals surface area contributed by atoms with Crippen molar-refractivity contribution in [2.75, 3.05) is 6.54 Å². The summed E-state index contributed by atoms with van der Waals surface area (Å²) in [6, 6.07) is 6.62. The maximum absolute atomic E-state index is 11.2. The van der Waals surface area contributed by atoms with Gasteiger partial charge >= 0.3 is 0 Å². The molecule has 22 heavy (non-hydrogen) atoms. The zero-order valence-corrected chi connectivity index (χ0v) is 13.8. The van der Waals surface area contributed by atoms with Crippen molar-refractivity contribution in [1.29, 1.82) is 0 Å². The van der Waals surface area contributed by atoms with Crippen molar-refractivity contribution in [3.63, 3.8) is 0 Å². The number of phenolic OH excluding ortho intramolecular Hbond substituents is 1. The molecule has 1 aliphatic rings. The highest BCUT2D eigenvalue weighted by molar-refractivity contribution is 5.85. The largest absolute Gasteiger partial charge is 0.508 e. The van der Waals surface area contributed by atoms with Gasteiger partial charge in [-0.3, -0.25) is 4.79 Å². The van der Waals surface area contributed by atoms with Crippen molar-refractivity contribution >= 4 is 18.2 Å². The molecular weight excluding hydrogens is 302 g/mol. The Balaban J connectivity index is 0.00000242. The van der Waals surface area contributed by atoms with Gasteiger partial charge in [0.2, 0.25) is 0 Å². The van der Waals surface area contributed by atoms with Gasteiger partial charge in [-0.2, -0.15) is 0 Å². The minimum absolute atomic E-state index is 0. The van der Waals surface area contributed by atoms with E-state index in [1.165, 1.54) is 0 Å². The second-order valence-electron chi connectivity index (χ2n) is 6.05. The van der Waals surface area contributed by atoms with Crippen LogP contribution in [0.25, 0.3) is 0 Å². The van der Waals surface area contributed by atoms with E-state index in [9.17, 15) is 15.0 Å². The fourth-order valence-electron chi connectivity index (χ4n) is 2.88. The summed E-state index contributed by atoms with van der Waals surface area (Å²) >= 11 is 0. The van der Waals surface area contributed by atoms with E-state index < -0.39 is 6.10 Å². The summed E-state index contributed by atoms with van der Waals surface area (Å²) in [5.41, 5.74) is 0.802. The van der Waals surface area contributed by atoms with E-state index in [1.807, 2.05) is 6.92 Å². The van der Waals surface area contributed by atoms with Crippen LogP contribution in [0, 0.1) is 5.92 Å². The van der Waals surface area contributed by atoms with Gasteiger partial charge in [0, 0.05) is 18.9 Å². The summed E-state index contributed by atoms with van der Waals surface area (Å²) in [4.78, 5) is 11.2. The first-order valence-electron chi connectivity index (χ1n) is 7.78. The normalized spacial score (nSPS) is 18.5. The Bertz CT molecular complexity index is 453. The SMILES string of the molecule is CC(NCCC1CCC(=O)CC1)C(O)c1ccc(O)cc1.Cl. The number of benzene rings is 1. The van der Waals surface area contributed by atoms with Crippen LogP contribution in [-0.2, 0) is 4.79 Å². The number of carbonyl (C=O) groups excluding carboxylic acids is 1. The lowest BCUT2D eigenvalue weighted by atomic mass is 9.86. The Morgan fingerprint density at radius 3 is 2.41 bits per heavy atom. The second-order valence-corrected chi connectivity index (χ2v) is 6.05. The molecule has 0 radical (unpaired) electrons. The fourth-order valence-corrected chi connectivity index (χ4v) is 2.88. The van der Waals surface area contributed by atoms with Crippen molar-refractivity contribution in [1.82, 2.24) is 5.32 Å². The molecule has 5 heteroatoms. The smallest absolute Gasteiger partial charge is 0.132 e. The first-order chi connectivity index (χ1) is 10.1. The number of nitrogens with one attached hydrogen (secondary N) is 1. The van der Waals surface area contributed by atoms with E-state index in [0.717, 1.165) is 44.2 Å². The van der Waals surface area contributed by atoms with Crippen LogP contribution in [0.2, 0.25) is 0 Å². The number of hydrogen-bond acceptors (Lipinski definition) is 4. The first-order valence-corrected chi connectivity index (χ1v) is 7.78. The third kappa shape index (κ3) is 5.59. The van der Waals surface area contributed by atoms with Crippen molar-refractivity contribution in [3.8, 4) is 5.75 Å². The van der Waals surface area contributed by atoms with Gasteiger partial charge in [-0.15, -0.1) is 12.4 Å². The van der Waals surface area contributed by atoms with E-state index >= 15 is 0 Å². The van der Waals surface area contributed by atoms with Crippen LogP contribution in [0.15, 0.2) is 24.3 Å². The summed E-state index contributed by atoms with van der Waals surface area (Å²) in [5, 5.41) is 22.9. The number of halogens is 1. The molecule has 0 bridgehead atoms. The Labute approximate surface area is 138 Å². The molecule has 1 aliphatic carbocycles. The molecule has 0 heterocycles. The zero-order valence-electron chi connectivity index (χ0n) is 13.0.